The lowest BCUT2D eigenvalue weighted by Gasteiger charge is -2.40. The first-order valence-corrected chi connectivity index (χ1v) is 6.75. The molecule has 0 saturated carbocycles. The third-order valence-corrected chi connectivity index (χ3v) is 3.30. The van der Waals surface area contributed by atoms with Gasteiger partial charge in [0, 0.05) is 0 Å². The van der Waals surface area contributed by atoms with Crippen LogP contribution in [0.3, 0.4) is 0 Å². The zero-order chi connectivity index (χ0) is 13.5. The van der Waals surface area contributed by atoms with Crippen LogP contribution in [0.15, 0.2) is 4.99 Å². The van der Waals surface area contributed by atoms with Crippen molar-refractivity contribution < 1.29 is 0 Å². The number of hydrogen-bond acceptors (Lipinski definition) is 7. The fourth-order valence-corrected chi connectivity index (χ4v) is 2.13. The monoisotopic (exact) mass is 257 g/mol. The summed E-state index contributed by atoms with van der Waals surface area (Å²) in [6, 6.07) is 0. The van der Waals surface area contributed by atoms with Crippen molar-refractivity contribution in [2.45, 2.75) is 40.3 Å². The first-order valence-electron chi connectivity index (χ1n) is 6.75. The predicted octanol–water partition coefficient (Wildman–Crippen LogP) is -0.751. The van der Waals surface area contributed by atoms with E-state index in [1.807, 2.05) is 0 Å². The first-order chi connectivity index (χ1) is 8.69. The molecule has 0 radical (unpaired) electrons. The van der Waals surface area contributed by atoms with Gasteiger partial charge >= 0.3 is 0 Å². The van der Waals surface area contributed by atoms with Crippen molar-refractivity contribution in [1.29, 1.82) is 0 Å². The standard InChI is InChI=1S/C11H27N7/c1-5-17(6-2)10-13-9(16-12)14-11(15-10)18(7-3)8-4/h10-11,15H,5-8,12H2,1-4H3,(H2,13,14,16). The van der Waals surface area contributed by atoms with E-state index in [1.165, 1.54) is 0 Å². The highest BCUT2D eigenvalue weighted by molar-refractivity contribution is 5.80. The van der Waals surface area contributed by atoms with Crippen molar-refractivity contribution in [3.8, 4) is 0 Å². The van der Waals surface area contributed by atoms with Crippen LogP contribution in [-0.2, 0) is 0 Å². The van der Waals surface area contributed by atoms with Crippen molar-refractivity contribution in [2.75, 3.05) is 26.2 Å². The van der Waals surface area contributed by atoms with Crippen LogP contribution in [-0.4, -0.2) is 54.5 Å². The van der Waals surface area contributed by atoms with Crippen molar-refractivity contribution in [1.82, 2.24) is 25.9 Å². The van der Waals surface area contributed by atoms with E-state index >= 15 is 0 Å². The second-order valence-electron chi connectivity index (χ2n) is 4.15. The molecular weight excluding hydrogens is 230 g/mol. The van der Waals surface area contributed by atoms with Gasteiger partial charge in [-0.3, -0.25) is 15.2 Å². The fraction of sp³-hybridized carbons (Fsp3) is 0.909. The third-order valence-electron chi connectivity index (χ3n) is 3.30. The maximum atomic E-state index is 5.49. The van der Waals surface area contributed by atoms with Gasteiger partial charge in [0.15, 0.2) is 6.29 Å². The summed E-state index contributed by atoms with van der Waals surface area (Å²) < 4.78 is 0. The molecule has 0 aliphatic carbocycles. The van der Waals surface area contributed by atoms with Crippen molar-refractivity contribution >= 4 is 5.96 Å². The zero-order valence-corrected chi connectivity index (χ0v) is 11.9. The molecule has 0 aromatic heterocycles. The summed E-state index contributed by atoms with van der Waals surface area (Å²) in [4.78, 5) is 9.03. The number of hydrazine groups is 1. The van der Waals surface area contributed by atoms with Crippen LogP contribution in [0.2, 0.25) is 0 Å². The highest BCUT2D eigenvalue weighted by Gasteiger charge is 2.27. The van der Waals surface area contributed by atoms with Gasteiger partial charge in [-0.15, -0.1) is 0 Å². The highest BCUT2D eigenvalue weighted by atomic mass is 15.5. The minimum absolute atomic E-state index is 0.0436. The molecular formula is C11H27N7. The van der Waals surface area contributed by atoms with Crippen molar-refractivity contribution in [2.24, 2.45) is 10.8 Å². The molecule has 106 valence electrons. The van der Waals surface area contributed by atoms with Gasteiger partial charge < -0.3 is 5.32 Å². The Morgan fingerprint density at radius 1 is 1.11 bits per heavy atom. The van der Waals surface area contributed by atoms with Gasteiger partial charge in [0.2, 0.25) is 5.96 Å². The minimum atomic E-state index is -0.0436. The summed E-state index contributed by atoms with van der Waals surface area (Å²) in [5.74, 6) is 6.11. The summed E-state index contributed by atoms with van der Waals surface area (Å²) in [6.07, 6.45) is 0.00653. The van der Waals surface area contributed by atoms with Crippen molar-refractivity contribution in [3.63, 3.8) is 0 Å². The quantitative estimate of drug-likeness (QED) is 0.370. The van der Waals surface area contributed by atoms with E-state index in [0.29, 0.717) is 5.96 Å². The average Bonchev–Trinajstić information content (AvgIpc) is 2.41. The van der Waals surface area contributed by atoms with Gasteiger partial charge in [-0.2, -0.15) is 0 Å². The minimum Gasteiger partial charge on any atom is -0.327 e. The second-order valence-corrected chi connectivity index (χ2v) is 4.15. The lowest BCUT2D eigenvalue weighted by molar-refractivity contribution is 0.0852. The van der Waals surface area contributed by atoms with Crippen LogP contribution in [0.5, 0.6) is 0 Å². The van der Waals surface area contributed by atoms with Gasteiger partial charge in [-0.25, -0.2) is 16.2 Å². The molecule has 1 heterocycles. The van der Waals surface area contributed by atoms with Gasteiger partial charge in [-0.1, -0.05) is 27.7 Å². The van der Waals surface area contributed by atoms with E-state index in [4.69, 9.17) is 5.84 Å². The molecule has 0 spiro atoms. The molecule has 0 aromatic rings. The molecule has 5 N–H and O–H groups in total. The van der Waals surface area contributed by atoms with E-state index in [9.17, 15) is 0 Å². The molecule has 0 saturated heterocycles. The van der Waals surface area contributed by atoms with Crippen molar-refractivity contribution in [3.05, 3.63) is 0 Å². The highest BCUT2D eigenvalue weighted by Crippen LogP contribution is 2.05. The Kier molecular flexibility index (Phi) is 6.34. The first kappa shape index (κ1) is 15.2. The van der Waals surface area contributed by atoms with Crippen LogP contribution in [0.4, 0.5) is 0 Å². The number of nitrogens with zero attached hydrogens (tertiary/aromatic N) is 3. The molecule has 2 unspecified atom stereocenters. The number of nitrogens with one attached hydrogen (secondary N) is 3. The van der Waals surface area contributed by atoms with Crippen LogP contribution in [0.25, 0.3) is 0 Å². The molecule has 18 heavy (non-hydrogen) atoms. The summed E-state index contributed by atoms with van der Waals surface area (Å²) in [5, 5.41) is 6.72. The predicted molar refractivity (Wildman–Crippen MR) is 74.4 cm³/mol. The normalized spacial score (nSPS) is 24.1. The Hall–Kier alpha value is -0.890. The van der Waals surface area contributed by atoms with E-state index in [1.54, 1.807) is 0 Å². The van der Waals surface area contributed by atoms with Crippen LogP contribution < -0.4 is 21.9 Å². The maximum Gasteiger partial charge on any atom is 0.210 e. The summed E-state index contributed by atoms with van der Waals surface area (Å²) in [7, 11) is 0. The molecule has 1 rings (SSSR count). The maximum absolute atomic E-state index is 5.49. The van der Waals surface area contributed by atoms with Gasteiger partial charge in [-0.05, 0) is 26.2 Å². The average molecular weight is 257 g/mol. The summed E-state index contributed by atoms with van der Waals surface area (Å²) in [6.45, 7) is 12.4. The van der Waals surface area contributed by atoms with Gasteiger partial charge in [0.05, 0.1) is 0 Å². The zero-order valence-electron chi connectivity index (χ0n) is 11.9. The topological polar surface area (TPSA) is 80.9 Å². The van der Waals surface area contributed by atoms with E-state index in [0.717, 1.165) is 26.2 Å². The van der Waals surface area contributed by atoms with Gasteiger partial charge in [0.25, 0.3) is 0 Å². The molecule has 1 aliphatic rings. The van der Waals surface area contributed by atoms with E-state index in [-0.39, 0.29) is 12.6 Å². The smallest absolute Gasteiger partial charge is 0.210 e. The molecule has 0 aromatic carbocycles. The Morgan fingerprint density at radius 2 is 1.67 bits per heavy atom. The Labute approximate surface area is 110 Å². The number of nitrogens with two attached hydrogens (primary N) is 1. The Balaban J connectivity index is 2.80. The summed E-state index contributed by atoms with van der Waals surface area (Å²) in [5.41, 5.74) is 2.62. The van der Waals surface area contributed by atoms with Crippen LogP contribution in [0, 0.1) is 0 Å². The Morgan fingerprint density at radius 3 is 2.11 bits per heavy atom. The fourth-order valence-electron chi connectivity index (χ4n) is 2.13. The number of hydrogen-bond donors (Lipinski definition) is 4. The molecule has 0 bridgehead atoms. The lowest BCUT2D eigenvalue weighted by atomic mass is 10.4. The molecule has 7 heteroatoms. The second kappa shape index (κ2) is 7.52. The molecule has 0 amide bonds. The molecule has 7 nitrogen and oxygen atoms in total. The molecule has 2 atom stereocenters. The lowest BCUT2D eigenvalue weighted by Crippen LogP contribution is -2.67. The van der Waals surface area contributed by atoms with Crippen LogP contribution >= 0.6 is 0 Å². The number of aliphatic imine (C=N–C) groups is 1. The third kappa shape index (κ3) is 3.55. The Bertz CT molecular complexity index is 260. The molecule has 1 aliphatic heterocycles. The largest absolute Gasteiger partial charge is 0.327 e. The summed E-state index contributed by atoms with van der Waals surface area (Å²) >= 11 is 0. The van der Waals surface area contributed by atoms with E-state index in [2.05, 4.69) is 58.5 Å². The van der Waals surface area contributed by atoms with E-state index < -0.39 is 0 Å². The molecule has 0 fully saturated rings. The van der Waals surface area contributed by atoms with Crippen LogP contribution in [0.1, 0.15) is 27.7 Å². The van der Waals surface area contributed by atoms with Gasteiger partial charge in [0.1, 0.15) is 6.29 Å². The SMILES string of the molecule is CCN(CC)C1N=C(NN)NC(N(CC)CC)N1. The number of guanidine groups is 1. The number of rotatable bonds is 6.